The summed E-state index contributed by atoms with van der Waals surface area (Å²) in [7, 11) is -3.97. The van der Waals surface area contributed by atoms with E-state index in [-0.39, 0.29) is 54.4 Å². The van der Waals surface area contributed by atoms with Gasteiger partial charge >= 0.3 is 5.97 Å². The minimum absolute atomic E-state index is 0. The van der Waals surface area contributed by atoms with Crippen molar-refractivity contribution in [2.75, 3.05) is 69.8 Å². The second kappa shape index (κ2) is 16.1. The molecule has 0 saturated carbocycles. The normalized spacial score (nSPS) is 27.6. The SMILES string of the molecule is C[C@@H](O)[C@H]1C(=O)N2C(C(=O)O)=C(CN3c4cccc5c(CC[N+]67CC[N+](CCC[n+]8ccn(CCCN)c8)(CC6)CC7)ccc(c45)S3(=O)=O)[C@H](C)[C@H]12.[Cl-].[Cl-].[Cl-]. The molecule has 55 heavy (non-hydrogen) atoms. The van der Waals surface area contributed by atoms with Gasteiger partial charge in [0.2, 0.25) is 12.2 Å². The zero-order valence-electron chi connectivity index (χ0n) is 31.4. The highest BCUT2D eigenvalue weighted by Gasteiger charge is 2.60. The summed E-state index contributed by atoms with van der Waals surface area (Å²) in [5, 5.41) is 22.0. The lowest BCUT2D eigenvalue weighted by molar-refractivity contribution is -1.08. The zero-order chi connectivity index (χ0) is 36.6. The highest BCUT2D eigenvalue weighted by Crippen LogP contribution is 2.50. The van der Waals surface area contributed by atoms with Crippen LogP contribution < -0.4 is 51.8 Å². The van der Waals surface area contributed by atoms with Gasteiger partial charge in [-0.3, -0.25) is 9.10 Å². The van der Waals surface area contributed by atoms with Crippen LogP contribution in [0.4, 0.5) is 5.69 Å². The molecule has 6 aliphatic heterocycles. The fourth-order valence-electron chi connectivity index (χ4n) is 10.0. The van der Waals surface area contributed by atoms with Crippen molar-refractivity contribution in [3.8, 4) is 0 Å². The number of aromatic nitrogens is 2. The maximum Gasteiger partial charge on any atom is 0.352 e. The molecular formula is C38H52Cl3N7O6S. The fraction of sp³-hybridized carbons (Fsp3) is 0.553. The minimum Gasteiger partial charge on any atom is -1.00 e. The molecule has 4 N–H and O–H groups in total. The van der Waals surface area contributed by atoms with Gasteiger partial charge < -0.3 is 67.0 Å². The van der Waals surface area contributed by atoms with Crippen LogP contribution in [0.3, 0.4) is 0 Å². The van der Waals surface area contributed by atoms with Crippen molar-refractivity contribution in [1.29, 1.82) is 0 Å². The Hall–Kier alpha value is -2.95. The standard InChI is InChI=1S/C38H51N7O6S.3ClH/c1-26-30(36(38(48)49)43-35(26)33(27(2)46)37(43)47)24-42-31-7-3-6-29-28(8-9-32(34(29)31)52(42,50)51)10-17-45-21-18-44(19-22-45,20-23-45)16-5-13-41-15-14-40(25-41)12-4-11-39;;;/h3,6-9,14-15,25-27,33,35,46H,4-5,10-13,16-24,39H2,1-2H3;3*1H/q+2;;;/p-2/t26-,27+,33+,35+,44?,45?;;;/m0.../s1. The number of imidazole rings is 1. The molecule has 3 aromatic rings. The first-order valence-corrected chi connectivity index (χ1v) is 20.3. The van der Waals surface area contributed by atoms with Gasteiger partial charge in [0.15, 0.2) is 0 Å². The Labute approximate surface area is 341 Å². The lowest BCUT2D eigenvalue weighted by atomic mass is 9.78. The molecule has 0 aliphatic carbocycles. The van der Waals surface area contributed by atoms with E-state index in [1.165, 1.54) is 72.8 Å². The van der Waals surface area contributed by atoms with Crippen LogP contribution in [0.1, 0.15) is 32.3 Å². The Kier molecular flexibility index (Phi) is 12.7. The highest BCUT2D eigenvalue weighted by molar-refractivity contribution is 7.93. The maximum atomic E-state index is 14.1. The number of aliphatic hydroxyl groups excluding tert-OH is 1. The zero-order valence-corrected chi connectivity index (χ0v) is 34.4. The van der Waals surface area contributed by atoms with E-state index >= 15 is 0 Å². The Morgan fingerprint density at radius 3 is 2.33 bits per heavy atom. The third kappa shape index (κ3) is 7.15. The number of aliphatic hydroxyl groups is 1. The van der Waals surface area contributed by atoms with Crippen LogP contribution in [0.25, 0.3) is 10.8 Å². The molecule has 17 heteroatoms. The summed E-state index contributed by atoms with van der Waals surface area (Å²) in [5.74, 6) is -2.83. The number of halogens is 3. The molecule has 4 fully saturated rings. The van der Waals surface area contributed by atoms with E-state index in [4.69, 9.17) is 5.73 Å². The largest absolute Gasteiger partial charge is 1.00 e. The number of anilines is 1. The maximum absolute atomic E-state index is 14.1. The number of rotatable bonds is 14. The van der Waals surface area contributed by atoms with Crippen molar-refractivity contribution < 1.29 is 79.0 Å². The molecule has 1 amide bonds. The second-order valence-corrected chi connectivity index (χ2v) is 17.8. The third-order valence-electron chi connectivity index (χ3n) is 13.2. The number of piperazine rings is 3. The van der Waals surface area contributed by atoms with Crippen LogP contribution in [-0.2, 0) is 39.1 Å². The molecule has 0 radical (unpaired) electrons. The van der Waals surface area contributed by atoms with Crippen LogP contribution >= 0.6 is 0 Å². The van der Waals surface area contributed by atoms with Gasteiger partial charge in [-0.25, -0.2) is 22.3 Å². The highest BCUT2D eigenvalue weighted by atomic mass is 35.5. The van der Waals surface area contributed by atoms with E-state index in [9.17, 15) is 28.2 Å². The average molecular weight is 841 g/mol. The molecule has 1 aromatic heterocycles. The molecule has 13 nitrogen and oxygen atoms in total. The summed E-state index contributed by atoms with van der Waals surface area (Å²) in [6.07, 6.45) is 8.57. The molecule has 4 saturated heterocycles. The lowest BCUT2D eigenvalue weighted by Gasteiger charge is -2.55. The van der Waals surface area contributed by atoms with Crippen LogP contribution in [0.5, 0.6) is 0 Å². The van der Waals surface area contributed by atoms with Crippen molar-refractivity contribution in [3.05, 3.63) is 65.9 Å². The number of fused-ring (bicyclic) bond motifs is 4. The summed E-state index contributed by atoms with van der Waals surface area (Å²) in [5.41, 5.74) is 7.57. The first-order valence-electron chi connectivity index (χ1n) is 18.9. The summed E-state index contributed by atoms with van der Waals surface area (Å²) < 4.78 is 36.4. The molecule has 9 rings (SSSR count). The van der Waals surface area contributed by atoms with Crippen LogP contribution in [0.15, 0.2) is 65.2 Å². The fourth-order valence-corrected chi connectivity index (χ4v) is 11.7. The van der Waals surface area contributed by atoms with E-state index in [1.54, 1.807) is 12.1 Å². The first-order chi connectivity index (χ1) is 24.9. The van der Waals surface area contributed by atoms with E-state index in [0.29, 0.717) is 23.2 Å². The number of aryl methyl sites for hydroxylation is 2. The van der Waals surface area contributed by atoms with Crippen molar-refractivity contribution in [2.45, 2.75) is 63.2 Å². The quantitative estimate of drug-likeness (QED) is 0.0831. The number of nitrogens with zero attached hydrogens (tertiary/aromatic N) is 6. The average Bonchev–Trinajstić information content (AvgIpc) is 3.74. The van der Waals surface area contributed by atoms with Gasteiger partial charge in [0.25, 0.3) is 10.0 Å². The summed E-state index contributed by atoms with van der Waals surface area (Å²) >= 11 is 0. The number of quaternary nitrogens is 2. The first kappa shape index (κ1) is 43.2. The number of sulfonamides is 1. The number of carbonyl (C=O) groups is 2. The summed E-state index contributed by atoms with van der Waals surface area (Å²) in [6, 6.07) is 8.87. The number of nitrogens with two attached hydrogens (primary N) is 1. The topological polar surface area (TPSA) is 150 Å². The van der Waals surface area contributed by atoms with Crippen molar-refractivity contribution in [1.82, 2.24) is 9.47 Å². The number of carboxylic acid groups (broad SMARTS) is 1. The van der Waals surface area contributed by atoms with Crippen LogP contribution in [0.2, 0.25) is 0 Å². The van der Waals surface area contributed by atoms with Crippen molar-refractivity contribution in [3.63, 3.8) is 0 Å². The molecule has 7 heterocycles. The Balaban J connectivity index is 0.00000193. The molecule has 0 spiro atoms. The van der Waals surface area contributed by atoms with Crippen LogP contribution in [0, 0.1) is 11.8 Å². The Morgan fingerprint density at radius 2 is 1.69 bits per heavy atom. The molecule has 4 atom stereocenters. The number of benzene rings is 2. The Morgan fingerprint density at radius 1 is 1.02 bits per heavy atom. The van der Waals surface area contributed by atoms with Crippen molar-refractivity contribution in [2.24, 2.45) is 17.6 Å². The summed E-state index contributed by atoms with van der Waals surface area (Å²) in [4.78, 5) is 26.9. The molecular weight excluding hydrogens is 789 g/mol. The molecule has 2 bridgehead atoms. The van der Waals surface area contributed by atoms with Gasteiger partial charge in [-0.1, -0.05) is 25.1 Å². The molecule has 6 aliphatic rings. The van der Waals surface area contributed by atoms with Gasteiger partial charge in [0.05, 0.1) is 61.4 Å². The monoisotopic (exact) mass is 839 g/mol. The Bertz CT molecular complexity index is 2070. The number of aliphatic carboxylic acids is 1. The molecule has 2 aromatic carbocycles. The molecule has 302 valence electrons. The van der Waals surface area contributed by atoms with Gasteiger partial charge in [-0.15, -0.1) is 0 Å². The predicted molar refractivity (Wildman–Crippen MR) is 194 cm³/mol. The number of carboxylic acids is 1. The van der Waals surface area contributed by atoms with Gasteiger partial charge in [-0.2, -0.15) is 0 Å². The smallest absolute Gasteiger partial charge is 0.352 e. The number of β-lactam (4-membered cyclic amide) rings is 1. The lowest BCUT2D eigenvalue weighted by Crippen LogP contribution is -3.00. The van der Waals surface area contributed by atoms with E-state index in [2.05, 4.69) is 27.9 Å². The summed E-state index contributed by atoms with van der Waals surface area (Å²) in [6.45, 7) is 15.2. The van der Waals surface area contributed by atoms with Crippen LogP contribution in [-0.4, -0.2) is 127 Å². The van der Waals surface area contributed by atoms with Gasteiger partial charge in [0.1, 0.15) is 57.4 Å². The minimum atomic E-state index is -3.97. The predicted octanol–water partition coefficient (Wildman–Crippen LogP) is -7.71. The van der Waals surface area contributed by atoms with E-state index in [0.717, 1.165) is 47.9 Å². The third-order valence-corrected chi connectivity index (χ3v) is 15.0. The molecule has 0 unspecified atom stereocenters. The van der Waals surface area contributed by atoms with E-state index < -0.39 is 45.9 Å². The van der Waals surface area contributed by atoms with Gasteiger partial charge in [0, 0.05) is 24.1 Å². The number of hydrogen-bond donors (Lipinski definition) is 3. The number of carbonyl (C=O) groups excluding carboxylic acids is 1. The van der Waals surface area contributed by atoms with Gasteiger partial charge in [-0.05, 0) is 48.5 Å². The number of amides is 1. The number of hydrogen-bond acceptors (Lipinski definition) is 6. The second-order valence-electron chi connectivity index (χ2n) is 16.0. The van der Waals surface area contributed by atoms with Crippen molar-refractivity contribution >= 4 is 38.4 Å². The van der Waals surface area contributed by atoms with E-state index in [1.807, 2.05) is 25.1 Å².